The second-order valence-electron chi connectivity index (χ2n) is 10.9. The first-order valence-corrected chi connectivity index (χ1v) is 15.6. The molecule has 7 rings (SSSR count). The number of piperidine rings is 1. The van der Waals surface area contributed by atoms with Gasteiger partial charge in [0.15, 0.2) is 9.84 Å². The van der Waals surface area contributed by atoms with Crippen LogP contribution in [0.15, 0.2) is 54.2 Å². The molecule has 3 atom stereocenters. The molecule has 1 amide bonds. The lowest BCUT2D eigenvalue weighted by atomic mass is 9.87. The number of aromatic amines is 1. The Hall–Kier alpha value is -4.92. The van der Waals surface area contributed by atoms with Crippen LogP contribution in [0, 0.1) is 0 Å². The number of anilines is 1. The summed E-state index contributed by atoms with van der Waals surface area (Å²) < 4.78 is 32.9. The Bertz CT molecular complexity index is 1930. The van der Waals surface area contributed by atoms with Crippen molar-refractivity contribution in [3.05, 3.63) is 60.8 Å². The summed E-state index contributed by atoms with van der Waals surface area (Å²) in [6, 6.07) is 5.75. The molecule has 220 valence electrons. The molecule has 0 spiro atoms. The fraction of sp³-hybridized carbons (Fsp3) is 0.321. The van der Waals surface area contributed by atoms with E-state index in [1.165, 1.54) is 13.4 Å². The zero-order chi connectivity index (χ0) is 29.9. The van der Waals surface area contributed by atoms with E-state index in [0.29, 0.717) is 29.9 Å². The standard InChI is InChI=1S/C28H28N10O4S/c1-42-28-31-12-17(13-32-28)21-6-3-15(11-30-21)20-7-8-37-24(29)23(43(2,40)41)22(35-26(20)37)16-9-18-4-5-19(10-16)38(18)27(39)25-33-14-34-36-25/h3,6-8,11-14,16,18-19H,4-5,9-10,29H2,1-2H3,(H,33,34,36)/t16-,18-,19+. The van der Waals surface area contributed by atoms with E-state index in [1.54, 1.807) is 29.2 Å². The number of ether oxygens (including phenoxy) is 1. The first kappa shape index (κ1) is 26.9. The number of carbonyl (C=O) groups is 1. The van der Waals surface area contributed by atoms with Gasteiger partial charge in [0, 0.05) is 65.7 Å². The van der Waals surface area contributed by atoms with Crippen molar-refractivity contribution in [2.24, 2.45) is 0 Å². The molecule has 14 nitrogen and oxygen atoms in total. The predicted octanol–water partition coefficient (Wildman–Crippen LogP) is 2.52. The average molecular weight is 601 g/mol. The van der Waals surface area contributed by atoms with Gasteiger partial charge in [0.25, 0.3) is 5.91 Å². The van der Waals surface area contributed by atoms with Crippen molar-refractivity contribution in [3.63, 3.8) is 0 Å². The third-order valence-corrected chi connectivity index (χ3v) is 9.50. The summed E-state index contributed by atoms with van der Waals surface area (Å²) in [5.41, 5.74) is 10.5. The summed E-state index contributed by atoms with van der Waals surface area (Å²) in [6.07, 6.45) is 12.0. The Morgan fingerprint density at radius 3 is 2.37 bits per heavy atom. The number of fused-ring (bicyclic) bond motifs is 3. The van der Waals surface area contributed by atoms with Crippen LogP contribution in [0.3, 0.4) is 0 Å². The molecule has 0 saturated carbocycles. The molecule has 2 aliphatic heterocycles. The molecule has 15 heteroatoms. The number of amides is 1. The number of hydrogen-bond donors (Lipinski definition) is 2. The third kappa shape index (κ3) is 4.56. The maximum Gasteiger partial charge on any atom is 0.316 e. The minimum absolute atomic E-state index is 0.0366. The quantitative estimate of drug-likeness (QED) is 0.291. The number of H-pyrrole nitrogens is 1. The van der Waals surface area contributed by atoms with Crippen molar-refractivity contribution in [3.8, 4) is 28.4 Å². The largest absolute Gasteiger partial charge is 0.467 e. The third-order valence-electron chi connectivity index (χ3n) is 8.34. The molecule has 0 aromatic carbocycles. The van der Waals surface area contributed by atoms with Crippen LogP contribution < -0.4 is 10.5 Å². The molecule has 0 radical (unpaired) electrons. The highest BCUT2D eigenvalue weighted by Gasteiger charge is 2.46. The Morgan fingerprint density at radius 2 is 1.77 bits per heavy atom. The number of nitrogens with one attached hydrogen (secondary N) is 1. The zero-order valence-corrected chi connectivity index (χ0v) is 24.2. The van der Waals surface area contributed by atoms with Crippen LogP contribution in [0.2, 0.25) is 0 Å². The van der Waals surface area contributed by atoms with Crippen LogP contribution in [-0.2, 0) is 9.84 Å². The molecule has 2 bridgehead atoms. The second kappa shape index (κ2) is 10.1. The summed E-state index contributed by atoms with van der Waals surface area (Å²) in [5, 5.41) is 7.64. The van der Waals surface area contributed by atoms with Gasteiger partial charge >= 0.3 is 6.01 Å². The average Bonchev–Trinajstić information content (AvgIpc) is 3.75. The Labute approximate surface area is 246 Å². The molecule has 7 heterocycles. The van der Waals surface area contributed by atoms with Gasteiger partial charge in [0.1, 0.15) is 22.7 Å². The maximum absolute atomic E-state index is 13.2. The summed E-state index contributed by atoms with van der Waals surface area (Å²) in [4.78, 5) is 35.7. The van der Waals surface area contributed by atoms with Crippen LogP contribution >= 0.6 is 0 Å². The van der Waals surface area contributed by atoms with Gasteiger partial charge in [-0.2, -0.15) is 0 Å². The molecular weight excluding hydrogens is 572 g/mol. The Balaban J connectivity index is 1.26. The van der Waals surface area contributed by atoms with Crippen molar-refractivity contribution in [2.75, 3.05) is 19.1 Å². The Morgan fingerprint density at radius 1 is 1.05 bits per heavy atom. The van der Waals surface area contributed by atoms with Crippen molar-refractivity contribution in [1.29, 1.82) is 0 Å². The van der Waals surface area contributed by atoms with Gasteiger partial charge in [-0.15, -0.1) is 10.2 Å². The minimum Gasteiger partial charge on any atom is -0.467 e. The number of sulfone groups is 1. The van der Waals surface area contributed by atoms with E-state index in [9.17, 15) is 13.2 Å². The van der Waals surface area contributed by atoms with E-state index >= 15 is 0 Å². The highest BCUT2D eigenvalue weighted by atomic mass is 32.2. The number of carbonyl (C=O) groups excluding carboxylic acids is 1. The maximum atomic E-state index is 13.2. The monoisotopic (exact) mass is 600 g/mol. The number of rotatable bonds is 6. The van der Waals surface area contributed by atoms with Crippen molar-refractivity contribution < 1.29 is 17.9 Å². The number of nitrogens with two attached hydrogens (primary N) is 1. The molecular formula is C28H28N10O4S. The fourth-order valence-corrected chi connectivity index (χ4v) is 7.53. The molecule has 0 aliphatic carbocycles. The molecule has 0 unspecified atom stereocenters. The van der Waals surface area contributed by atoms with Crippen LogP contribution in [0.5, 0.6) is 6.01 Å². The summed E-state index contributed by atoms with van der Waals surface area (Å²) in [7, 11) is -2.22. The number of aromatic nitrogens is 8. The van der Waals surface area contributed by atoms with E-state index in [0.717, 1.165) is 35.8 Å². The van der Waals surface area contributed by atoms with Crippen molar-refractivity contribution in [1.82, 2.24) is 44.4 Å². The summed E-state index contributed by atoms with van der Waals surface area (Å²) in [6.45, 7) is 0. The number of nitrogen functional groups attached to an aromatic ring is 1. The van der Waals surface area contributed by atoms with E-state index in [4.69, 9.17) is 15.5 Å². The molecule has 43 heavy (non-hydrogen) atoms. The molecule has 2 fully saturated rings. The molecule has 3 N–H and O–H groups in total. The number of nitrogens with zero attached hydrogens (tertiary/aromatic N) is 8. The van der Waals surface area contributed by atoms with Gasteiger partial charge < -0.3 is 20.4 Å². The lowest BCUT2D eigenvalue weighted by Gasteiger charge is -2.38. The smallest absolute Gasteiger partial charge is 0.316 e. The van der Waals surface area contributed by atoms with Gasteiger partial charge in [0.2, 0.25) is 5.82 Å². The topological polar surface area (TPSA) is 187 Å². The van der Waals surface area contributed by atoms with Gasteiger partial charge in [0.05, 0.1) is 18.5 Å². The molecule has 5 aromatic heterocycles. The molecule has 5 aromatic rings. The van der Waals surface area contributed by atoms with Crippen LogP contribution in [0.4, 0.5) is 5.82 Å². The minimum atomic E-state index is -3.73. The van der Waals surface area contributed by atoms with Gasteiger partial charge in [-0.25, -0.2) is 23.4 Å². The first-order valence-electron chi connectivity index (χ1n) is 13.7. The van der Waals surface area contributed by atoms with E-state index in [2.05, 4.69) is 30.1 Å². The molecule has 2 saturated heterocycles. The zero-order valence-electron chi connectivity index (χ0n) is 23.4. The Kier molecular flexibility index (Phi) is 6.34. The van der Waals surface area contributed by atoms with Crippen molar-refractivity contribution in [2.45, 2.75) is 48.6 Å². The highest BCUT2D eigenvalue weighted by Crippen LogP contribution is 2.45. The van der Waals surface area contributed by atoms with Gasteiger partial charge in [-0.3, -0.25) is 14.2 Å². The van der Waals surface area contributed by atoms with Crippen LogP contribution in [0.25, 0.3) is 28.0 Å². The van der Waals surface area contributed by atoms with Crippen LogP contribution in [-0.4, -0.2) is 84.2 Å². The van der Waals surface area contributed by atoms with Crippen LogP contribution in [0.1, 0.15) is 47.9 Å². The van der Waals surface area contributed by atoms with Gasteiger partial charge in [-0.05, 0) is 37.8 Å². The van der Waals surface area contributed by atoms with E-state index in [1.807, 2.05) is 23.1 Å². The number of pyridine rings is 1. The van der Waals surface area contributed by atoms with E-state index < -0.39 is 9.84 Å². The normalized spacial score (nSPS) is 20.0. The second-order valence-corrected chi connectivity index (χ2v) is 12.9. The lowest BCUT2D eigenvalue weighted by molar-refractivity contribution is 0.0556. The number of hydrogen-bond acceptors (Lipinski definition) is 11. The van der Waals surface area contributed by atoms with E-state index in [-0.39, 0.29) is 46.5 Å². The SMILES string of the molecule is COc1ncc(-c2ccc(-c3ccn4c(N)c(S(C)(=O)=O)c([C@@H]5C[C@H]6CC[C@@H](C5)N6C(=O)c5nnc[nH]5)nc34)cn2)cn1. The fourth-order valence-electron chi connectivity index (χ4n) is 6.46. The number of methoxy groups -OCH3 is 1. The van der Waals surface area contributed by atoms with Gasteiger partial charge in [-0.1, -0.05) is 6.07 Å². The lowest BCUT2D eigenvalue weighted by Crippen LogP contribution is -2.46. The summed E-state index contributed by atoms with van der Waals surface area (Å²) >= 11 is 0. The first-order chi connectivity index (χ1) is 20.7. The molecule has 2 aliphatic rings. The summed E-state index contributed by atoms with van der Waals surface area (Å²) in [5.74, 6) is -0.0819. The highest BCUT2D eigenvalue weighted by molar-refractivity contribution is 7.91. The van der Waals surface area contributed by atoms with Crippen molar-refractivity contribution >= 4 is 27.2 Å². The predicted molar refractivity (Wildman–Crippen MR) is 155 cm³/mol.